The van der Waals surface area contributed by atoms with Crippen LogP contribution in [0.5, 0.6) is 5.75 Å². The van der Waals surface area contributed by atoms with E-state index in [9.17, 15) is 0 Å². The van der Waals surface area contributed by atoms with E-state index < -0.39 is 0 Å². The van der Waals surface area contributed by atoms with Gasteiger partial charge in [0.25, 0.3) is 0 Å². The van der Waals surface area contributed by atoms with Crippen LogP contribution in [0.3, 0.4) is 0 Å². The highest BCUT2D eigenvalue weighted by Gasteiger charge is 2.00. The van der Waals surface area contributed by atoms with Crippen LogP contribution in [-0.4, -0.2) is 12.6 Å². The first-order chi connectivity index (χ1) is 7.76. The molecule has 0 spiro atoms. The van der Waals surface area contributed by atoms with Crippen LogP contribution in [-0.2, 0) is 0 Å². The highest BCUT2D eigenvalue weighted by atomic mass is 16.5. The lowest BCUT2D eigenvalue weighted by molar-refractivity contribution is 0.368. The van der Waals surface area contributed by atoms with Crippen molar-refractivity contribution in [1.82, 2.24) is 0 Å². The molecular weight excluding hydrogens is 200 g/mol. The third-order valence-corrected chi connectivity index (χ3v) is 2.29. The maximum absolute atomic E-state index is 8.37. The van der Waals surface area contributed by atoms with Gasteiger partial charge in [-0.05, 0) is 37.6 Å². The average Bonchev–Trinajstić information content (AvgIpc) is 2.28. The molecule has 0 fully saturated rings. The van der Waals surface area contributed by atoms with Crippen LogP contribution >= 0.6 is 0 Å². The third-order valence-electron chi connectivity index (χ3n) is 2.29. The van der Waals surface area contributed by atoms with Crippen molar-refractivity contribution in [2.24, 2.45) is 0 Å². The van der Waals surface area contributed by atoms with Crippen molar-refractivity contribution in [2.75, 3.05) is 11.9 Å². The Morgan fingerprint density at radius 3 is 2.62 bits per heavy atom. The standard InChI is InChI=1S/C13H18N2O/c1-3-4-11(2)15-12-5-7-13(8-6-12)16-10-9-14/h5-8,11,15H,3-4,10H2,1-2H3. The van der Waals surface area contributed by atoms with Crippen molar-refractivity contribution in [1.29, 1.82) is 5.26 Å². The van der Waals surface area contributed by atoms with E-state index in [-0.39, 0.29) is 6.61 Å². The Bertz CT molecular complexity index is 340. The summed E-state index contributed by atoms with van der Waals surface area (Å²) in [5.41, 5.74) is 1.09. The van der Waals surface area contributed by atoms with E-state index in [1.165, 1.54) is 6.42 Å². The molecule has 0 aliphatic rings. The lowest BCUT2D eigenvalue weighted by atomic mass is 10.2. The topological polar surface area (TPSA) is 45.0 Å². The second-order valence-electron chi connectivity index (χ2n) is 3.81. The monoisotopic (exact) mass is 218 g/mol. The predicted molar refractivity (Wildman–Crippen MR) is 65.5 cm³/mol. The fourth-order valence-electron chi connectivity index (χ4n) is 1.55. The van der Waals surface area contributed by atoms with Crippen LogP contribution in [0.4, 0.5) is 5.69 Å². The second kappa shape index (κ2) is 6.73. The van der Waals surface area contributed by atoms with Crippen LogP contribution in [0.25, 0.3) is 0 Å². The van der Waals surface area contributed by atoms with Crippen molar-refractivity contribution in [3.05, 3.63) is 24.3 Å². The fraction of sp³-hybridized carbons (Fsp3) is 0.462. The summed E-state index contributed by atoms with van der Waals surface area (Å²) in [7, 11) is 0. The highest BCUT2D eigenvalue weighted by Crippen LogP contribution is 2.16. The van der Waals surface area contributed by atoms with Gasteiger partial charge in [0.2, 0.25) is 0 Å². The number of benzene rings is 1. The molecule has 0 saturated heterocycles. The van der Waals surface area contributed by atoms with Crippen molar-refractivity contribution in [3.63, 3.8) is 0 Å². The maximum Gasteiger partial charge on any atom is 0.174 e. The number of nitriles is 1. The van der Waals surface area contributed by atoms with Gasteiger partial charge in [0.05, 0.1) is 0 Å². The molecule has 1 rings (SSSR count). The van der Waals surface area contributed by atoms with Crippen LogP contribution in [0.15, 0.2) is 24.3 Å². The summed E-state index contributed by atoms with van der Waals surface area (Å²) >= 11 is 0. The Balaban J connectivity index is 2.48. The van der Waals surface area contributed by atoms with Gasteiger partial charge in [0.15, 0.2) is 6.61 Å². The van der Waals surface area contributed by atoms with Crippen molar-refractivity contribution in [2.45, 2.75) is 32.7 Å². The smallest absolute Gasteiger partial charge is 0.174 e. The second-order valence-corrected chi connectivity index (χ2v) is 3.81. The summed E-state index contributed by atoms with van der Waals surface area (Å²) < 4.78 is 5.17. The molecule has 1 aromatic rings. The van der Waals surface area contributed by atoms with E-state index in [1.807, 2.05) is 30.3 Å². The average molecular weight is 218 g/mol. The quantitative estimate of drug-likeness (QED) is 0.797. The van der Waals surface area contributed by atoms with Crippen LogP contribution in [0, 0.1) is 11.3 Å². The van der Waals surface area contributed by atoms with Crippen LogP contribution in [0.2, 0.25) is 0 Å². The molecule has 0 aliphatic heterocycles. The first kappa shape index (κ1) is 12.4. The van der Waals surface area contributed by atoms with Crippen molar-refractivity contribution in [3.8, 4) is 11.8 Å². The normalized spacial score (nSPS) is 11.6. The predicted octanol–water partition coefficient (Wildman–Crippen LogP) is 3.19. The molecule has 3 nitrogen and oxygen atoms in total. The zero-order chi connectivity index (χ0) is 11.8. The Labute approximate surface area is 97.0 Å². The SMILES string of the molecule is CCCC(C)Nc1ccc(OCC#N)cc1. The molecule has 1 atom stereocenters. The minimum absolute atomic E-state index is 0.0962. The van der Waals surface area contributed by atoms with E-state index in [1.54, 1.807) is 0 Å². The molecule has 1 unspecified atom stereocenters. The molecule has 16 heavy (non-hydrogen) atoms. The number of anilines is 1. The molecule has 3 heteroatoms. The molecular formula is C13H18N2O. The number of nitrogens with one attached hydrogen (secondary N) is 1. The van der Waals surface area contributed by atoms with Crippen molar-refractivity contribution < 1.29 is 4.74 Å². The summed E-state index contributed by atoms with van der Waals surface area (Å²) in [5.74, 6) is 0.732. The van der Waals surface area contributed by atoms with E-state index in [4.69, 9.17) is 10.00 Å². The first-order valence-electron chi connectivity index (χ1n) is 5.62. The minimum Gasteiger partial charge on any atom is -0.479 e. The zero-order valence-electron chi connectivity index (χ0n) is 9.86. The fourth-order valence-corrected chi connectivity index (χ4v) is 1.55. The van der Waals surface area contributed by atoms with Crippen molar-refractivity contribution >= 4 is 5.69 Å². The van der Waals surface area contributed by atoms with E-state index in [0.717, 1.165) is 17.9 Å². The summed E-state index contributed by atoms with van der Waals surface area (Å²) in [5, 5.41) is 11.8. The summed E-state index contributed by atoms with van der Waals surface area (Å²) in [6.07, 6.45) is 2.34. The van der Waals surface area contributed by atoms with Gasteiger partial charge < -0.3 is 10.1 Å². The van der Waals surface area contributed by atoms with Gasteiger partial charge in [-0.15, -0.1) is 0 Å². The van der Waals surface area contributed by atoms with Gasteiger partial charge in [0.1, 0.15) is 11.8 Å². The number of hydrogen-bond donors (Lipinski definition) is 1. The summed E-state index contributed by atoms with van der Waals surface area (Å²) in [4.78, 5) is 0. The highest BCUT2D eigenvalue weighted by molar-refractivity contribution is 5.46. The Morgan fingerprint density at radius 1 is 1.38 bits per heavy atom. The minimum atomic E-state index is 0.0962. The van der Waals surface area contributed by atoms with E-state index >= 15 is 0 Å². The lowest BCUT2D eigenvalue weighted by Gasteiger charge is -2.14. The summed E-state index contributed by atoms with van der Waals surface area (Å²) in [6.45, 7) is 4.44. The number of nitrogens with zero attached hydrogens (tertiary/aromatic N) is 1. The molecule has 1 N–H and O–H groups in total. The molecule has 0 aliphatic carbocycles. The van der Waals surface area contributed by atoms with Gasteiger partial charge in [-0.2, -0.15) is 5.26 Å². The Kier molecular flexibility index (Phi) is 5.21. The third kappa shape index (κ3) is 4.22. The molecule has 0 aromatic heterocycles. The first-order valence-corrected chi connectivity index (χ1v) is 5.62. The molecule has 0 amide bonds. The largest absolute Gasteiger partial charge is 0.479 e. The molecule has 0 heterocycles. The van der Waals surface area contributed by atoms with Gasteiger partial charge in [-0.25, -0.2) is 0 Å². The van der Waals surface area contributed by atoms with E-state index in [0.29, 0.717) is 6.04 Å². The molecule has 1 aromatic carbocycles. The van der Waals surface area contributed by atoms with E-state index in [2.05, 4.69) is 19.2 Å². The Hall–Kier alpha value is -1.69. The van der Waals surface area contributed by atoms with Gasteiger partial charge in [-0.1, -0.05) is 13.3 Å². The Morgan fingerprint density at radius 2 is 2.06 bits per heavy atom. The lowest BCUT2D eigenvalue weighted by Crippen LogP contribution is -2.14. The number of hydrogen-bond acceptors (Lipinski definition) is 3. The van der Waals surface area contributed by atoms with Crippen LogP contribution in [0.1, 0.15) is 26.7 Å². The molecule has 86 valence electrons. The van der Waals surface area contributed by atoms with Gasteiger partial charge in [0, 0.05) is 11.7 Å². The maximum atomic E-state index is 8.37. The molecule has 0 radical (unpaired) electrons. The summed E-state index contributed by atoms with van der Waals surface area (Å²) in [6, 6.07) is 10.1. The van der Waals surface area contributed by atoms with Gasteiger partial charge in [-0.3, -0.25) is 0 Å². The molecule has 0 saturated carbocycles. The zero-order valence-corrected chi connectivity index (χ0v) is 9.86. The number of rotatable bonds is 6. The van der Waals surface area contributed by atoms with Gasteiger partial charge >= 0.3 is 0 Å². The van der Waals surface area contributed by atoms with Crippen LogP contribution < -0.4 is 10.1 Å². The molecule has 0 bridgehead atoms. The number of ether oxygens (including phenoxy) is 1.